The van der Waals surface area contributed by atoms with Gasteiger partial charge in [-0.2, -0.15) is 13.2 Å². The van der Waals surface area contributed by atoms with Gasteiger partial charge in [-0.1, -0.05) is 24.6 Å². The van der Waals surface area contributed by atoms with Gasteiger partial charge in [0, 0.05) is 17.8 Å². The average molecular weight is 413 g/mol. The smallest absolute Gasteiger partial charge is 0.416 e. The van der Waals surface area contributed by atoms with Gasteiger partial charge in [-0.15, -0.1) is 0 Å². The number of benzene rings is 2. The summed E-state index contributed by atoms with van der Waals surface area (Å²) in [6.45, 7) is 2.41. The van der Waals surface area contributed by atoms with Crippen LogP contribution in [0.15, 0.2) is 47.5 Å². The molecule has 28 heavy (non-hydrogen) atoms. The van der Waals surface area contributed by atoms with Crippen molar-refractivity contribution in [3.05, 3.63) is 58.6 Å². The van der Waals surface area contributed by atoms with Gasteiger partial charge < -0.3 is 10.4 Å². The van der Waals surface area contributed by atoms with Crippen LogP contribution in [0.25, 0.3) is 0 Å². The van der Waals surface area contributed by atoms with Crippen molar-refractivity contribution in [2.45, 2.75) is 25.9 Å². The van der Waals surface area contributed by atoms with E-state index in [0.29, 0.717) is 22.8 Å². The molecule has 1 amide bonds. The number of rotatable bonds is 7. The predicted octanol–water partition coefficient (Wildman–Crippen LogP) is 5.15. The lowest BCUT2D eigenvalue weighted by atomic mass is 9.99. The van der Waals surface area contributed by atoms with E-state index in [-0.39, 0.29) is 18.1 Å². The summed E-state index contributed by atoms with van der Waals surface area (Å²) in [6.07, 6.45) is -2.02. The Morgan fingerprint density at radius 2 is 1.93 bits per heavy atom. The number of nitrogens with zero attached hydrogens (tertiary/aromatic N) is 1. The van der Waals surface area contributed by atoms with E-state index in [2.05, 4.69) is 10.3 Å². The Morgan fingerprint density at radius 3 is 2.50 bits per heavy atom. The molecule has 0 radical (unpaired) electrons. The normalized spacial score (nSPS) is 12.9. The maximum Gasteiger partial charge on any atom is 0.416 e. The average Bonchev–Trinajstić information content (AvgIpc) is 2.64. The molecular weight excluding hydrogens is 393 g/mol. The Bertz CT molecular complexity index is 836. The van der Waals surface area contributed by atoms with Gasteiger partial charge in [0.2, 0.25) is 5.91 Å². The second-order valence-electron chi connectivity index (χ2n) is 6.20. The molecule has 8 heteroatoms. The fourth-order valence-electron chi connectivity index (χ4n) is 2.44. The summed E-state index contributed by atoms with van der Waals surface area (Å²) in [5.41, 5.74) is 0.188. The molecule has 0 aromatic heterocycles. The van der Waals surface area contributed by atoms with Gasteiger partial charge in [0.15, 0.2) is 0 Å². The molecule has 0 aliphatic heterocycles. The maximum absolute atomic E-state index is 12.6. The second kappa shape index (κ2) is 9.59. The van der Waals surface area contributed by atoms with Crippen molar-refractivity contribution < 1.29 is 23.1 Å². The van der Waals surface area contributed by atoms with Crippen molar-refractivity contribution >= 4 is 29.4 Å². The van der Waals surface area contributed by atoms with Gasteiger partial charge >= 0.3 is 6.18 Å². The number of phenolic OH excluding ortho intramolecular Hbond substituents is 1. The molecule has 0 aliphatic rings. The number of halogens is 4. The van der Waals surface area contributed by atoms with Crippen molar-refractivity contribution in [3.63, 3.8) is 0 Å². The van der Waals surface area contributed by atoms with Crippen LogP contribution in [0.2, 0.25) is 5.02 Å². The molecule has 0 spiro atoms. The lowest BCUT2D eigenvalue weighted by molar-refractivity contribution is -0.137. The zero-order valence-corrected chi connectivity index (χ0v) is 15.9. The highest BCUT2D eigenvalue weighted by Crippen LogP contribution is 2.30. The summed E-state index contributed by atoms with van der Waals surface area (Å²) in [7, 11) is 0. The SMILES string of the molecule is CCCNC(=O)C(C=Nc1ccc(C(F)(F)F)cc1)Cc1ccc(O)cc1Cl. The number of carbonyl (C=O) groups excluding carboxylic acids is 1. The first-order valence-electron chi connectivity index (χ1n) is 8.67. The molecule has 1 unspecified atom stereocenters. The number of aliphatic imine (C=N–C) groups is 1. The van der Waals surface area contributed by atoms with E-state index in [1.807, 2.05) is 6.92 Å². The van der Waals surface area contributed by atoms with E-state index < -0.39 is 17.7 Å². The summed E-state index contributed by atoms with van der Waals surface area (Å²) in [6, 6.07) is 8.83. The first-order valence-corrected chi connectivity index (χ1v) is 9.05. The molecule has 0 aliphatic carbocycles. The Kier molecular flexibility index (Phi) is 7.45. The van der Waals surface area contributed by atoms with E-state index in [9.17, 15) is 23.1 Å². The zero-order chi connectivity index (χ0) is 20.7. The van der Waals surface area contributed by atoms with Gasteiger partial charge in [-0.05, 0) is 54.8 Å². The highest BCUT2D eigenvalue weighted by molar-refractivity contribution is 6.31. The van der Waals surface area contributed by atoms with Crippen molar-refractivity contribution in [2.75, 3.05) is 6.54 Å². The minimum absolute atomic E-state index is 0.0131. The minimum Gasteiger partial charge on any atom is -0.508 e. The van der Waals surface area contributed by atoms with Gasteiger partial charge in [-0.3, -0.25) is 9.79 Å². The van der Waals surface area contributed by atoms with Crippen LogP contribution in [0, 0.1) is 5.92 Å². The summed E-state index contributed by atoms with van der Waals surface area (Å²) in [4.78, 5) is 16.6. The van der Waals surface area contributed by atoms with E-state index in [1.54, 1.807) is 6.07 Å². The molecular formula is C20H20ClF3N2O2. The minimum atomic E-state index is -4.42. The number of hydrogen-bond acceptors (Lipinski definition) is 3. The molecule has 2 N–H and O–H groups in total. The van der Waals surface area contributed by atoms with E-state index in [0.717, 1.165) is 18.6 Å². The van der Waals surface area contributed by atoms with Crippen molar-refractivity contribution in [1.82, 2.24) is 5.32 Å². The molecule has 150 valence electrons. The highest BCUT2D eigenvalue weighted by atomic mass is 35.5. The van der Waals surface area contributed by atoms with Gasteiger partial charge in [-0.25, -0.2) is 0 Å². The molecule has 0 saturated carbocycles. The molecule has 0 fully saturated rings. The first kappa shape index (κ1) is 21.8. The van der Waals surface area contributed by atoms with Crippen LogP contribution in [0.3, 0.4) is 0 Å². The topological polar surface area (TPSA) is 61.7 Å². The molecule has 0 bridgehead atoms. The summed E-state index contributed by atoms with van der Waals surface area (Å²) in [5, 5.41) is 12.6. The van der Waals surface area contributed by atoms with Crippen molar-refractivity contribution in [1.29, 1.82) is 0 Å². The first-order chi connectivity index (χ1) is 13.2. The fourth-order valence-corrected chi connectivity index (χ4v) is 2.70. The van der Waals surface area contributed by atoms with E-state index >= 15 is 0 Å². The quantitative estimate of drug-likeness (QED) is 0.617. The van der Waals surface area contributed by atoms with E-state index in [4.69, 9.17) is 11.6 Å². The molecule has 2 aromatic rings. The van der Waals surface area contributed by atoms with Crippen LogP contribution in [0.4, 0.5) is 18.9 Å². The molecule has 4 nitrogen and oxygen atoms in total. The lowest BCUT2D eigenvalue weighted by Gasteiger charge is -2.14. The summed E-state index contributed by atoms with van der Waals surface area (Å²) < 4.78 is 37.9. The highest BCUT2D eigenvalue weighted by Gasteiger charge is 2.29. The Morgan fingerprint density at radius 1 is 1.25 bits per heavy atom. The zero-order valence-electron chi connectivity index (χ0n) is 15.1. The molecule has 2 aromatic carbocycles. The Hall–Kier alpha value is -2.54. The molecule has 1 atom stereocenters. The Balaban J connectivity index is 2.21. The Labute approximate surface area is 166 Å². The maximum atomic E-state index is 12.6. The van der Waals surface area contributed by atoms with Gasteiger partial charge in [0.25, 0.3) is 0 Å². The number of nitrogens with one attached hydrogen (secondary N) is 1. The summed E-state index contributed by atoms with van der Waals surface area (Å²) >= 11 is 6.12. The van der Waals surface area contributed by atoms with Crippen molar-refractivity contribution in [2.24, 2.45) is 10.9 Å². The van der Waals surface area contributed by atoms with Gasteiger partial charge in [0.1, 0.15) is 5.75 Å². The molecule has 2 rings (SSSR count). The lowest BCUT2D eigenvalue weighted by Crippen LogP contribution is -2.33. The van der Waals surface area contributed by atoms with Gasteiger partial charge in [0.05, 0.1) is 17.2 Å². The van der Waals surface area contributed by atoms with Crippen LogP contribution < -0.4 is 5.32 Å². The predicted molar refractivity (Wildman–Crippen MR) is 103 cm³/mol. The standard InChI is InChI=1S/C20H20ClF3N2O2/c1-2-9-25-19(28)14(10-13-3-8-17(27)11-18(13)21)12-26-16-6-4-15(5-7-16)20(22,23)24/h3-8,11-12,14,27H,2,9-10H2,1H3,(H,25,28). The number of hydrogen-bond donors (Lipinski definition) is 2. The third kappa shape index (κ3) is 6.27. The van der Waals surface area contributed by atoms with Crippen LogP contribution in [-0.2, 0) is 17.4 Å². The van der Waals surface area contributed by atoms with E-state index in [1.165, 1.54) is 30.5 Å². The number of carbonyl (C=O) groups is 1. The van der Waals surface area contributed by atoms with Crippen LogP contribution in [-0.4, -0.2) is 23.8 Å². The van der Waals surface area contributed by atoms with Crippen molar-refractivity contribution in [3.8, 4) is 5.75 Å². The summed E-state index contributed by atoms with van der Waals surface area (Å²) in [5.74, 6) is -0.920. The number of amides is 1. The second-order valence-corrected chi connectivity index (χ2v) is 6.61. The van der Waals surface area contributed by atoms with Crippen LogP contribution in [0.1, 0.15) is 24.5 Å². The van der Waals surface area contributed by atoms with Crippen LogP contribution >= 0.6 is 11.6 Å². The largest absolute Gasteiger partial charge is 0.508 e. The molecule has 0 saturated heterocycles. The fraction of sp³-hybridized carbons (Fsp3) is 0.300. The number of phenols is 1. The van der Waals surface area contributed by atoms with Crippen LogP contribution in [0.5, 0.6) is 5.75 Å². The number of alkyl halides is 3. The monoisotopic (exact) mass is 412 g/mol. The third-order valence-electron chi connectivity index (χ3n) is 3.96. The molecule has 0 heterocycles. The third-order valence-corrected chi connectivity index (χ3v) is 4.31. The number of aromatic hydroxyl groups is 1.